The van der Waals surface area contributed by atoms with Crippen molar-refractivity contribution < 1.29 is 45.4 Å². The monoisotopic (exact) mass is 689 g/mol. The van der Waals surface area contributed by atoms with Gasteiger partial charge in [0.25, 0.3) is 20.2 Å². The molecule has 8 N–H and O–H groups in total. The van der Waals surface area contributed by atoms with E-state index < -0.39 is 58.8 Å². The van der Waals surface area contributed by atoms with Gasteiger partial charge in [0.2, 0.25) is 17.2 Å². The van der Waals surface area contributed by atoms with Gasteiger partial charge in [0.05, 0.1) is 34.6 Å². The number of nitrogens with zero attached hydrogens (tertiary/aromatic N) is 3. The molecule has 1 aliphatic carbocycles. The van der Waals surface area contributed by atoms with E-state index in [2.05, 4.69) is 30.9 Å². The minimum Gasteiger partial charge on any atom is -0.481 e. The lowest BCUT2D eigenvalue weighted by Crippen LogP contribution is -2.25. The molecule has 0 spiro atoms. The predicted octanol–water partition coefficient (Wildman–Crippen LogP) is 2.75. The Balaban J connectivity index is 1.57. The largest absolute Gasteiger partial charge is 0.481 e. The minimum atomic E-state index is -5.03. The zero-order valence-electron chi connectivity index (χ0n) is 22.8. The number of rotatable bonds is 10. The van der Waals surface area contributed by atoms with Crippen LogP contribution in [0.5, 0.6) is 0 Å². The first-order valence-corrected chi connectivity index (χ1v) is 16.0. The Morgan fingerprint density at radius 2 is 1.41 bits per heavy atom. The maximum atomic E-state index is 13.5. The van der Waals surface area contributed by atoms with Crippen LogP contribution in [0.3, 0.4) is 0 Å². The average Bonchev–Trinajstić information content (AvgIpc) is 2.95. The molecule has 4 aromatic rings. The number of aromatic nitrogens is 3. The third-order valence-electron chi connectivity index (χ3n) is 6.49. The summed E-state index contributed by atoms with van der Waals surface area (Å²) in [4.78, 5) is 47.7. The lowest BCUT2D eigenvalue weighted by Gasteiger charge is -2.24. The second-order valence-electron chi connectivity index (χ2n) is 9.52. The Kier molecular flexibility index (Phi) is 8.36. The second-order valence-corrected chi connectivity index (χ2v) is 12.6. The molecule has 0 amide bonds. The van der Waals surface area contributed by atoms with Gasteiger partial charge in [-0.25, -0.2) is 0 Å². The van der Waals surface area contributed by atoms with Crippen LogP contribution in [-0.4, -0.2) is 70.1 Å². The van der Waals surface area contributed by atoms with E-state index in [0.717, 1.165) is 18.2 Å². The maximum Gasteiger partial charge on any atom is 0.305 e. The number of benzene rings is 3. The molecule has 0 atom stereocenters. The Bertz CT molecular complexity index is 2200. The second kappa shape index (κ2) is 11.9. The number of ketones is 2. The van der Waals surface area contributed by atoms with Crippen LogP contribution in [-0.2, 0) is 25.0 Å². The number of carbonyl (C=O) groups excluding carboxylic acids is 2. The lowest BCUT2D eigenvalue weighted by molar-refractivity contribution is -0.136. The van der Waals surface area contributed by atoms with E-state index in [-0.39, 0.29) is 63.9 Å². The SMILES string of the molecule is Nc1c(S(=O)(=O)O)cc(Nc2ccc(Nc3nc(Cl)nc(NCCC(=O)O)n3)c(S(=O)(=O)O)c2)c2c1C(=O)c1ccccc1C2=O. The first-order valence-electron chi connectivity index (χ1n) is 12.7. The molecule has 0 aliphatic heterocycles. The van der Waals surface area contributed by atoms with Crippen LogP contribution in [0.25, 0.3) is 0 Å². The van der Waals surface area contributed by atoms with E-state index in [1.165, 1.54) is 30.3 Å². The van der Waals surface area contributed by atoms with Gasteiger partial charge in [0.15, 0.2) is 11.6 Å². The van der Waals surface area contributed by atoms with Crippen molar-refractivity contribution in [1.82, 2.24) is 15.0 Å². The smallest absolute Gasteiger partial charge is 0.305 e. The van der Waals surface area contributed by atoms with E-state index in [1.807, 2.05) is 0 Å². The first kappa shape index (κ1) is 32.2. The number of carboxylic acid groups (broad SMARTS) is 1. The predicted molar refractivity (Wildman–Crippen MR) is 162 cm³/mol. The van der Waals surface area contributed by atoms with Gasteiger partial charge in [-0.2, -0.15) is 31.8 Å². The van der Waals surface area contributed by atoms with Crippen molar-refractivity contribution in [3.05, 3.63) is 76.1 Å². The van der Waals surface area contributed by atoms with Gasteiger partial charge >= 0.3 is 5.97 Å². The zero-order chi connectivity index (χ0) is 33.6. The number of halogens is 1. The third kappa shape index (κ3) is 6.43. The summed E-state index contributed by atoms with van der Waals surface area (Å²) >= 11 is 5.91. The van der Waals surface area contributed by atoms with Crippen molar-refractivity contribution >= 4 is 84.0 Å². The Morgan fingerprint density at radius 3 is 2.02 bits per heavy atom. The summed E-state index contributed by atoms with van der Waals surface area (Å²) in [5.41, 5.74) is 3.70. The maximum absolute atomic E-state index is 13.5. The summed E-state index contributed by atoms with van der Waals surface area (Å²) < 4.78 is 69.0. The standard InChI is InChI=1S/C26H20ClN7O10S2/c27-24-32-25(29-8-7-18(35)36)34-26(33-24)31-14-6-5-11(9-16(14)45(39,40)41)30-15-10-17(46(42,43)44)21(28)20-19(15)22(37)12-3-1-2-4-13(12)23(20)38/h1-6,9-10,30H,7-8,28H2,(H,35,36)(H,39,40,41)(H,42,43,44)(H2,29,31,32,33,34). The van der Waals surface area contributed by atoms with E-state index in [4.69, 9.17) is 22.4 Å². The van der Waals surface area contributed by atoms with Gasteiger partial charge in [-0.15, -0.1) is 0 Å². The van der Waals surface area contributed by atoms with Crippen molar-refractivity contribution in [2.75, 3.05) is 28.2 Å². The number of fused-ring (bicyclic) bond motifs is 2. The summed E-state index contributed by atoms with van der Waals surface area (Å²) in [5.74, 6) is -3.03. The summed E-state index contributed by atoms with van der Waals surface area (Å²) in [6.45, 7) is -0.0699. The number of anilines is 6. The molecule has 1 aromatic heterocycles. The van der Waals surface area contributed by atoms with Gasteiger partial charge in [-0.3, -0.25) is 23.5 Å². The molecule has 3 aromatic carbocycles. The fourth-order valence-corrected chi connectivity index (χ4v) is 6.04. The van der Waals surface area contributed by atoms with Crippen molar-refractivity contribution in [3.63, 3.8) is 0 Å². The minimum absolute atomic E-state index is 0.00643. The molecule has 0 unspecified atom stereocenters. The molecule has 17 nitrogen and oxygen atoms in total. The summed E-state index contributed by atoms with van der Waals surface area (Å²) in [6, 6.07) is 9.86. The molecule has 20 heteroatoms. The van der Waals surface area contributed by atoms with Gasteiger partial charge in [0.1, 0.15) is 9.79 Å². The van der Waals surface area contributed by atoms with E-state index in [0.29, 0.717) is 0 Å². The van der Waals surface area contributed by atoms with Crippen LogP contribution >= 0.6 is 11.6 Å². The van der Waals surface area contributed by atoms with Crippen LogP contribution in [0.15, 0.2) is 58.3 Å². The molecule has 0 saturated carbocycles. The number of carbonyl (C=O) groups is 3. The molecule has 0 fully saturated rings. The molecule has 46 heavy (non-hydrogen) atoms. The number of nitrogens with two attached hydrogens (primary N) is 1. The highest BCUT2D eigenvalue weighted by molar-refractivity contribution is 7.86. The number of nitrogens with one attached hydrogen (secondary N) is 3. The van der Waals surface area contributed by atoms with E-state index in [9.17, 15) is 40.3 Å². The third-order valence-corrected chi connectivity index (χ3v) is 8.45. The quantitative estimate of drug-likeness (QED) is 0.0819. The zero-order valence-corrected chi connectivity index (χ0v) is 25.2. The fraction of sp³-hybridized carbons (Fsp3) is 0.0769. The van der Waals surface area contributed by atoms with Crippen LogP contribution < -0.4 is 21.7 Å². The highest BCUT2D eigenvalue weighted by Crippen LogP contribution is 2.40. The molecular weight excluding hydrogens is 670 g/mol. The Hall–Kier alpha value is -5.21. The van der Waals surface area contributed by atoms with Crippen LogP contribution in [0.2, 0.25) is 5.28 Å². The topological polar surface area (TPSA) is 281 Å². The molecule has 1 heterocycles. The number of hydrogen-bond donors (Lipinski definition) is 7. The van der Waals surface area contributed by atoms with Gasteiger partial charge in [0, 0.05) is 23.4 Å². The lowest BCUT2D eigenvalue weighted by atomic mass is 9.82. The van der Waals surface area contributed by atoms with Crippen molar-refractivity contribution in [2.45, 2.75) is 16.2 Å². The van der Waals surface area contributed by atoms with Gasteiger partial charge < -0.3 is 26.8 Å². The van der Waals surface area contributed by atoms with Crippen LogP contribution in [0, 0.1) is 0 Å². The number of nitrogen functional groups attached to an aromatic ring is 1. The fourth-order valence-electron chi connectivity index (χ4n) is 4.56. The van der Waals surface area contributed by atoms with Crippen LogP contribution in [0.4, 0.5) is 34.6 Å². The molecule has 238 valence electrons. The molecule has 5 rings (SSSR count). The Labute approximate surface area is 264 Å². The van der Waals surface area contributed by atoms with Crippen molar-refractivity contribution in [2.24, 2.45) is 0 Å². The normalized spacial score (nSPS) is 12.7. The summed E-state index contributed by atoms with van der Waals surface area (Å²) in [7, 11) is -10.0. The Morgan fingerprint density at radius 1 is 0.804 bits per heavy atom. The molecule has 0 saturated heterocycles. The number of carboxylic acids is 1. The molecule has 0 radical (unpaired) electrons. The number of hydrogen-bond acceptors (Lipinski definition) is 14. The van der Waals surface area contributed by atoms with Crippen molar-refractivity contribution in [1.29, 1.82) is 0 Å². The molecular formula is C26H20ClN7O10S2. The molecule has 0 bridgehead atoms. The van der Waals surface area contributed by atoms with E-state index in [1.54, 1.807) is 0 Å². The average molecular weight is 690 g/mol. The summed E-state index contributed by atoms with van der Waals surface area (Å²) in [5, 5.41) is 16.3. The van der Waals surface area contributed by atoms with Gasteiger partial charge in [-0.1, -0.05) is 24.3 Å². The van der Waals surface area contributed by atoms with E-state index >= 15 is 0 Å². The number of aliphatic carboxylic acids is 1. The van der Waals surface area contributed by atoms with Gasteiger partial charge in [-0.05, 0) is 35.9 Å². The molecule has 1 aliphatic rings. The van der Waals surface area contributed by atoms with Crippen LogP contribution in [0.1, 0.15) is 38.3 Å². The highest BCUT2D eigenvalue weighted by Gasteiger charge is 2.36. The first-order chi connectivity index (χ1) is 21.5. The van der Waals surface area contributed by atoms with Crippen molar-refractivity contribution in [3.8, 4) is 0 Å². The highest BCUT2D eigenvalue weighted by atomic mass is 35.5. The summed E-state index contributed by atoms with van der Waals surface area (Å²) in [6.07, 6.45) is -0.275.